The number of nitrogens with one attached hydrogen (secondary N) is 1. The molecule has 0 radical (unpaired) electrons. The Labute approximate surface area is 112 Å². The van der Waals surface area contributed by atoms with Crippen molar-refractivity contribution in [3.63, 3.8) is 0 Å². The first-order chi connectivity index (χ1) is 7.63. The van der Waals surface area contributed by atoms with Gasteiger partial charge in [-0.25, -0.2) is 0 Å². The minimum absolute atomic E-state index is 0.497. The molecule has 1 rings (SSSR count). The van der Waals surface area contributed by atoms with Gasteiger partial charge in [-0.1, -0.05) is 41.9 Å². The summed E-state index contributed by atoms with van der Waals surface area (Å²) in [6.07, 6.45) is 1.02. The average molecular weight is 305 g/mol. The van der Waals surface area contributed by atoms with Gasteiger partial charge in [-0.2, -0.15) is 0 Å². The summed E-state index contributed by atoms with van der Waals surface area (Å²) in [6, 6.07) is 8.88. The number of halogens is 2. The molecule has 0 saturated carbocycles. The lowest BCUT2D eigenvalue weighted by molar-refractivity contribution is 0.389. The highest BCUT2D eigenvalue weighted by atomic mass is 79.9. The lowest BCUT2D eigenvalue weighted by Crippen LogP contribution is -2.33. The summed E-state index contributed by atoms with van der Waals surface area (Å²) in [5.41, 5.74) is 1.30. The highest BCUT2D eigenvalue weighted by Crippen LogP contribution is 2.13. The fourth-order valence-corrected chi connectivity index (χ4v) is 2.37. The van der Waals surface area contributed by atoms with E-state index in [1.54, 1.807) is 0 Å². The maximum absolute atomic E-state index is 5.80. The largest absolute Gasteiger partial charge is 0.310 e. The van der Waals surface area contributed by atoms with Crippen LogP contribution in [-0.2, 0) is 6.54 Å². The van der Waals surface area contributed by atoms with E-state index >= 15 is 0 Å². The van der Waals surface area contributed by atoms with Gasteiger partial charge in [0.15, 0.2) is 0 Å². The monoisotopic (exact) mass is 303 g/mol. The van der Waals surface area contributed by atoms with Gasteiger partial charge in [0, 0.05) is 22.9 Å². The number of hydrogen-bond acceptors (Lipinski definition) is 1. The molecular weight excluding hydrogens is 286 g/mol. The molecule has 0 spiro atoms. The third-order valence-corrected chi connectivity index (χ3v) is 3.39. The van der Waals surface area contributed by atoms with Crippen molar-refractivity contribution in [3.8, 4) is 0 Å². The van der Waals surface area contributed by atoms with Crippen LogP contribution < -0.4 is 5.32 Å². The smallest absolute Gasteiger partial charge is 0.0238 e. The van der Waals surface area contributed by atoms with Crippen LogP contribution in [-0.4, -0.2) is 11.9 Å². The van der Waals surface area contributed by atoms with Crippen molar-refractivity contribution in [2.24, 2.45) is 5.92 Å². The molecule has 0 fully saturated rings. The second-order valence-corrected chi connectivity index (χ2v) is 5.63. The summed E-state index contributed by atoms with van der Waals surface area (Å²) in [7, 11) is 0. The van der Waals surface area contributed by atoms with Crippen LogP contribution in [0.4, 0.5) is 0 Å². The second-order valence-electron chi connectivity index (χ2n) is 4.34. The Morgan fingerprint density at radius 3 is 2.69 bits per heavy atom. The molecule has 90 valence electrons. The van der Waals surface area contributed by atoms with Crippen molar-refractivity contribution in [3.05, 3.63) is 34.3 Å². The predicted octanol–water partition coefficient (Wildman–Crippen LogP) is 4.19. The molecule has 0 bridgehead atoms. The summed E-state index contributed by atoms with van der Waals surface area (Å²) in [5, 5.41) is 3.56. The lowest BCUT2D eigenvalue weighted by atomic mass is 10.0. The Balaban J connectivity index is 2.48. The van der Waals surface area contributed by atoms with E-state index in [9.17, 15) is 0 Å². The molecule has 0 aromatic heterocycles. The van der Waals surface area contributed by atoms with Gasteiger partial charge in [0.05, 0.1) is 0 Å². The second kappa shape index (κ2) is 7.31. The minimum Gasteiger partial charge on any atom is -0.310 e. The van der Waals surface area contributed by atoms with Crippen molar-refractivity contribution in [2.75, 3.05) is 5.88 Å². The van der Waals surface area contributed by atoms with Crippen LogP contribution in [0.15, 0.2) is 28.7 Å². The van der Waals surface area contributed by atoms with E-state index < -0.39 is 0 Å². The van der Waals surface area contributed by atoms with E-state index in [0.29, 0.717) is 17.8 Å². The molecular formula is C13H19BrClN. The molecule has 1 unspecified atom stereocenters. The van der Waals surface area contributed by atoms with Gasteiger partial charge in [-0.15, -0.1) is 11.6 Å². The first-order valence-corrected chi connectivity index (χ1v) is 7.00. The number of rotatable bonds is 6. The molecule has 0 amide bonds. The van der Waals surface area contributed by atoms with Gasteiger partial charge in [0.25, 0.3) is 0 Å². The Morgan fingerprint density at radius 1 is 1.38 bits per heavy atom. The van der Waals surface area contributed by atoms with Crippen molar-refractivity contribution in [1.29, 1.82) is 0 Å². The van der Waals surface area contributed by atoms with E-state index in [-0.39, 0.29) is 0 Å². The molecule has 3 heteroatoms. The van der Waals surface area contributed by atoms with Crippen molar-refractivity contribution in [2.45, 2.75) is 32.9 Å². The molecule has 0 aliphatic carbocycles. The number of alkyl halides is 1. The molecule has 1 aromatic rings. The number of benzene rings is 1. The molecule has 1 aromatic carbocycles. The van der Waals surface area contributed by atoms with Crippen LogP contribution in [0.5, 0.6) is 0 Å². The topological polar surface area (TPSA) is 12.0 Å². The Kier molecular flexibility index (Phi) is 6.40. The standard InChI is InChI=1S/C13H19BrClN/c1-10(2)13(6-7-15)16-9-11-4-3-5-12(14)8-11/h3-5,8,10,13,16H,6-7,9H2,1-2H3. The van der Waals surface area contributed by atoms with E-state index in [1.807, 2.05) is 6.07 Å². The van der Waals surface area contributed by atoms with Crippen LogP contribution in [0.3, 0.4) is 0 Å². The molecule has 0 aliphatic rings. The van der Waals surface area contributed by atoms with E-state index in [2.05, 4.69) is 53.3 Å². The van der Waals surface area contributed by atoms with E-state index in [0.717, 1.165) is 17.4 Å². The zero-order valence-corrected chi connectivity index (χ0v) is 12.2. The summed E-state index contributed by atoms with van der Waals surface area (Å²) in [6.45, 7) is 5.36. The fraction of sp³-hybridized carbons (Fsp3) is 0.538. The van der Waals surface area contributed by atoms with Crippen LogP contribution in [0, 0.1) is 5.92 Å². The lowest BCUT2D eigenvalue weighted by Gasteiger charge is -2.21. The third kappa shape index (κ3) is 4.86. The van der Waals surface area contributed by atoms with E-state index in [1.165, 1.54) is 5.56 Å². The van der Waals surface area contributed by atoms with Crippen LogP contribution in [0.25, 0.3) is 0 Å². The molecule has 1 nitrogen and oxygen atoms in total. The van der Waals surface area contributed by atoms with Gasteiger partial charge in [-0.05, 0) is 30.0 Å². The van der Waals surface area contributed by atoms with Gasteiger partial charge in [-0.3, -0.25) is 0 Å². The number of hydrogen-bond donors (Lipinski definition) is 1. The average Bonchev–Trinajstić information content (AvgIpc) is 2.24. The highest BCUT2D eigenvalue weighted by Gasteiger charge is 2.11. The normalized spacial score (nSPS) is 13.1. The molecule has 1 atom stereocenters. The molecule has 0 aliphatic heterocycles. The quantitative estimate of drug-likeness (QED) is 0.777. The fourth-order valence-electron chi connectivity index (χ4n) is 1.68. The Morgan fingerprint density at radius 2 is 2.12 bits per heavy atom. The maximum atomic E-state index is 5.80. The third-order valence-electron chi connectivity index (χ3n) is 2.68. The maximum Gasteiger partial charge on any atom is 0.0238 e. The highest BCUT2D eigenvalue weighted by molar-refractivity contribution is 9.10. The predicted molar refractivity (Wildman–Crippen MR) is 74.9 cm³/mol. The Bertz CT molecular complexity index is 315. The molecule has 16 heavy (non-hydrogen) atoms. The van der Waals surface area contributed by atoms with Crippen LogP contribution >= 0.6 is 27.5 Å². The Hall–Kier alpha value is -0.0500. The molecule has 1 N–H and O–H groups in total. The SMILES string of the molecule is CC(C)C(CCCl)NCc1cccc(Br)c1. The van der Waals surface area contributed by atoms with Crippen molar-refractivity contribution < 1.29 is 0 Å². The summed E-state index contributed by atoms with van der Waals surface area (Å²) in [5.74, 6) is 1.33. The first kappa shape index (κ1) is 14.0. The van der Waals surface area contributed by atoms with Gasteiger partial charge < -0.3 is 5.32 Å². The zero-order chi connectivity index (χ0) is 12.0. The van der Waals surface area contributed by atoms with Gasteiger partial charge in [0.1, 0.15) is 0 Å². The first-order valence-electron chi connectivity index (χ1n) is 5.67. The van der Waals surface area contributed by atoms with Crippen molar-refractivity contribution >= 4 is 27.5 Å². The van der Waals surface area contributed by atoms with Crippen LogP contribution in [0.1, 0.15) is 25.8 Å². The molecule has 0 heterocycles. The molecule has 0 saturated heterocycles. The summed E-state index contributed by atoms with van der Waals surface area (Å²) in [4.78, 5) is 0. The van der Waals surface area contributed by atoms with Crippen LogP contribution in [0.2, 0.25) is 0 Å². The zero-order valence-electron chi connectivity index (χ0n) is 9.84. The summed E-state index contributed by atoms with van der Waals surface area (Å²) >= 11 is 9.28. The van der Waals surface area contributed by atoms with Gasteiger partial charge >= 0.3 is 0 Å². The van der Waals surface area contributed by atoms with E-state index in [4.69, 9.17) is 11.6 Å². The summed E-state index contributed by atoms with van der Waals surface area (Å²) < 4.78 is 1.13. The van der Waals surface area contributed by atoms with Crippen molar-refractivity contribution in [1.82, 2.24) is 5.32 Å². The minimum atomic E-state index is 0.497. The van der Waals surface area contributed by atoms with Gasteiger partial charge in [0.2, 0.25) is 0 Å².